The number of benzene rings is 2. The third-order valence-corrected chi connectivity index (χ3v) is 7.30. The molecule has 2 N–H and O–H groups in total. The van der Waals surface area contributed by atoms with Crippen LogP contribution in [0.3, 0.4) is 0 Å². The molecule has 4 rings (SSSR count). The van der Waals surface area contributed by atoms with Crippen molar-refractivity contribution in [2.75, 3.05) is 32.5 Å². The number of anilines is 1. The van der Waals surface area contributed by atoms with Crippen LogP contribution in [0.4, 0.5) is 5.82 Å². The molecule has 0 spiro atoms. The maximum atomic E-state index is 13.4. The van der Waals surface area contributed by atoms with Crippen LogP contribution in [0.25, 0.3) is 11.3 Å². The van der Waals surface area contributed by atoms with Crippen LogP contribution in [-0.2, 0) is 10.0 Å². The van der Waals surface area contributed by atoms with Gasteiger partial charge in [0.25, 0.3) is 15.9 Å². The van der Waals surface area contributed by atoms with Gasteiger partial charge in [0, 0.05) is 18.7 Å². The third-order valence-electron chi connectivity index (χ3n) is 6.07. The molecule has 0 radical (unpaired) electrons. The van der Waals surface area contributed by atoms with Crippen molar-refractivity contribution in [1.82, 2.24) is 19.6 Å². The number of likely N-dealkylation sites (N-methyl/N-ethyl adjacent to an activating group) is 1. The number of nitrogens with zero attached hydrogens (tertiary/aromatic N) is 3. The number of aromatic nitrogens is 2. The van der Waals surface area contributed by atoms with Crippen molar-refractivity contribution in [1.29, 1.82) is 0 Å². The molecule has 0 aliphatic carbocycles. The summed E-state index contributed by atoms with van der Waals surface area (Å²) >= 11 is 0. The first-order chi connectivity index (χ1) is 19.0. The van der Waals surface area contributed by atoms with Gasteiger partial charge in [0.15, 0.2) is 5.03 Å². The number of hydrogen-bond donors (Lipinski definition) is 2. The Bertz CT molecular complexity index is 1600. The minimum Gasteiger partial charge on any atom is -0.438 e. The summed E-state index contributed by atoms with van der Waals surface area (Å²) in [6, 6.07) is 21.1. The van der Waals surface area contributed by atoms with Gasteiger partial charge >= 0.3 is 0 Å². The van der Waals surface area contributed by atoms with Crippen molar-refractivity contribution >= 4 is 21.7 Å². The quantitative estimate of drug-likeness (QED) is 0.281. The molecule has 0 aliphatic heterocycles. The van der Waals surface area contributed by atoms with E-state index in [0.29, 0.717) is 23.8 Å². The van der Waals surface area contributed by atoms with Crippen molar-refractivity contribution in [2.45, 2.75) is 25.8 Å². The zero-order valence-corrected chi connectivity index (χ0v) is 24.0. The first-order valence-corrected chi connectivity index (χ1v) is 14.3. The van der Waals surface area contributed by atoms with Gasteiger partial charge in [-0.05, 0) is 70.3 Å². The first-order valence-electron chi connectivity index (χ1n) is 12.8. The van der Waals surface area contributed by atoms with Gasteiger partial charge in [-0.3, -0.25) is 4.79 Å². The highest BCUT2D eigenvalue weighted by atomic mass is 32.2. The standard InChI is InChI=1S/C30H33N5O4S/c1-20-18-21(2)28(22(3)19-20)39-30-24(14-15-25(32-30)23-10-7-6-8-11-23)29(36)34-40(37,38)27-13-9-12-26(33-27)31-16-17-35(4)5/h6-15,18-19H,16-17H2,1-5H3,(H,31,33)(H,34,36). The zero-order valence-electron chi connectivity index (χ0n) is 23.2. The van der Waals surface area contributed by atoms with Gasteiger partial charge in [-0.2, -0.15) is 8.42 Å². The molecule has 2 aromatic carbocycles. The van der Waals surface area contributed by atoms with E-state index >= 15 is 0 Å². The Morgan fingerprint density at radius 2 is 1.60 bits per heavy atom. The van der Waals surface area contributed by atoms with E-state index in [1.165, 1.54) is 12.1 Å². The first kappa shape index (κ1) is 28.7. The topological polar surface area (TPSA) is 114 Å². The van der Waals surface area contributed by atoms with Crippen molar-refractivity contribution < 1.29 is 17.9 Å². The Morgan fingerprint density at radius 1 is 0.900 bits per heavy atom. The Labute approximate surface area is 235 Å². The van der Waals surface area contributed by atoms with E-state index in [4.69, 9.17) is 4.74 Å². The molecule has 1 amide bonds. The molecule has 0 saturated heterocycles. The van der Waals surface area contributed by atoms with E-state index < -0.39 is 15.9 Å². The minimum absolute atomic E-state index is 0.00355. The molecular weight excluding hydrogens is 526 g/mol. The number of carbonyl (C=O) groups excluding carboxylic acids is 1. The lowest BCUT2D eigenvalue weighted by atomic mass is 10.1. The van der Waals surface area contributed by atoms with Gasteiger partial charge in [-0.15, -0.1) is 0 Å². The van der Waals surface area contributed by atoms with Crippen LogP contribution in [0.1, 0.15) is 27.0 Å². The molecule has 0 unspecified atom stereocenters. The third kappa shape index (κ3) is 7.02. The van der Waals surface area contributed by atoms with Crippen LogP contribution >= 0.6 is 0 Å². The van der Waals surface area contributed by atoms with Crippen LogP contribution in [0.15, 0.2) is 77.8 Å². The fraction of sp³-hybridized carbons (Fsp3) is 0.233. The molecule has 0 bridgehead atoms. The number of hydrogen-bond acceptors (Lipinski definition) is 8. The highest BCUT2D eigenvalue weighted by molar-refractivity contribution is 7.90. The number of nitrogens with one attached hydrogen (secondary N) is 2. The molecule has 10 heteroatoms. The highest BCUT2D eigenvalue weighted by Gasteiger charge is 2.25. The molecular formula is C30H33N5O4S. The van der Waals surface area contributed by atoms with E-state index in [0.717, 1.165) is 28.8 Å². The summed E-state index contributed by atoms with van der Waals surface area (Å²) < 4.78 is 34.7. The molecule has 0 saturated carbocycles. The van der Waals surface area contributed by atoms with Crippen LogP contribution in [-0.4, -0.2) is 56.4 Å². The molecule has 2 aromatic heterocycles. The fourth-order valence-corrected chi connectivity index (χ4v) is 5.12. The molecule has 0 fully saturated rings. The maximum Gasteiger partial charge on any atom is 0.281 e. The highest BCUT2D eigenvalue weighted by Crippen LogP contribution is 2.32. The van der Waals surface area contributed by atoms with E-state index in [-0.39, 0.29) is 16.5 Å². The molecule has 40 heavy (non-hydrogen) atoms. The van der Waals surface area contributed by atoms with E-state index in [2.05, 4.69) is 20.0 Å². The number of aryl methyl sites for hydroxylation is 3. The predicted molar refractivity (Wildman–Crippen MR) is 156 cm³/mol. The van der Waals surface area contributed by atoms with Gasteiger partial charge in [-0.25, -0.2) is 14.7 Å². The fourth-order valence-electron chi connectivity index (χ4n) is 4.19. The number of ether oxygens (including phenoxy) is 1. The molecule has 208 valence electrons. The molecule has 0 aliphatic rings. The smallest absolute Gasteiger partial charge is 0.281 e. The predicted octanol–water partition coefficient (Wildman–Crippen LogP) is 4.95. The molecule has 4 aromatic rings. The number of amides is 1. The zero-order chi connectivity index (χ0) is 28.9. The molecule has 9 nitrogen and oxygen atoms in total. The number of pyridine rings is 2. The second-order valence-electron chi connectivity index (χ2n) is 9.77. The van der Waals surface area contributed by atoms with Crippen LogP contribution in [0, 0.1) is 20.8 Å². The summed E-state index contributed by atoms with van der Waals surface area (Å²) in [5.74, 6) is 0.0623. The van der Waals surface area contributed by atoms with Gasteiger partial charge in [0.2, 0.25) is 5.88 Å². The number of sulfonamides is 1. The lowest BCUT2D eigenvalue weighted by Gasteiger charge is -2.16. The van der Waals surface area contributed by atoms with Gasteiger partial charge in [-0.1, -0.05) is 54.1 Å². The normalized spacial score (nSPS) is 11.3. The van der Waals surface area contributed by atoms with E-state index in [1.54, 1.807) is 18.2 Å². The van der Waals surface area contributed by atoms with Crippen molar-refractivity contribution in [3.8, 4) is 22.9 Å². The van der Waals surface area contributed by atoms with Crippen LogP contribution in [0.5, 0.6) is 11.6 Å². The van der Waals surface area contributed by atoms with Gasteiger partial charge in [0.05, 0.1) is 5.69 Å². The van der Waals surface area contributed by atoms with Crippen molar-refractivity contribution in [3.63, 3.8) is 0 Å². The van der Waals surface area contributed by atoms with E-state index in [9.17, 15) is 13.2 Å². The van der Waals surface area contributed by atoms with Crippen molar-refractivity contribution in [3.05, 3.63) is 95.1 Å². The summed E-state index contributed by atoms with van der Waals surface area (Å²) in [7, 11) is -0.416. The minimum atomic E-state index is -4.29. The average Bonchev–Trinajstić information content (AvgIpc) is 2.91. The summed E-state index contributed by atoms with van der Waals surface area (Å²) in [5, 5.41) is 2.81. The van der Waals surface area contributed by atoms with Crippen LogP contribution < -0.4 is 14.8 Å². The Hall–Kier alpha value is -4.28. The number of rotatable bonds is 10. The summed E-state index contributed by atoms with van der Waals surface area (Å²) in [6.07, 6.45) is 0. The Morgan fingerprint density at radius 3 is 2.27 bits per heavy atom. The summed E-state index contributed by atoms with van der Waals surface area (Å²) in [4.78, 5) is 24.2. The van der Waals surface area contributed by atoms with Gasteiger partial charge < -0.3 is 15.0 Å². The monoisotopic (exact) mass is 559 g/mol. The van der Waals surface area contributed by atoms with E-state index in [1.807, 2.05) is 82.2 Å². The second-order valence-corrected chi connectivity index (χ2v) is 11.4. The Balaban J connectivity index is 1.66. The lowest BCUT2D eigenvalue weighted by molar-refractivity contribution is 0.0978. The lowest BCUT2D eigenvalue weighted by Crippen LogP contribution is -2.31. The average molecular weight is 560 g/mol. The Kier molecular flexibility index (Phi) is 8.81. The SMILES string of the molecule is Cc1cc(C)c(Oc2nc(-c3ccccc3)ccc2C(=O)NS(=O)(=O)c2cccc(NCCN(C)C)n2)c(C)c1. The molecule has 0 atom stereocenters. The largest absolute Gasteiger partial charge is 0.438 e. The summed E-state index contributed by atoms with van der Waals surface area (Å²) in [6.45, 7) is 7.12. The maximum absolute atomic E-state index is 13.4. The number of carbonyl (C=O) groups is 1. The van der Waals surface area contributed by atoms with Crippen molar-refractivity contribution in [2.24, 2.45) is 0 Å². The second kappa shape index (κ2) is 12.3. The van der Waals surface area contributed by atoms with Crippen LogP contribution in [0.2, 0.25) is 0 Å². The summed E-state index contributed by atoms with van der Waals surface area (Å²) in [5.41, 5.74) is 4.19. The molecule has 2 heterocycles. The van der Waals surface area contributed by atoms with Gasteiger partial charge in [0.1, 0.15) is 17.1 Å².